The van der Waals surface area contributed by atoms with Crippen molar-refractivity contribution in [3.05, 3.63) is 29.7 Å². The normalized spacial score (nSPS) is 15.9. The number of nitrogens with zero attached hydrogens (tertiary/aromatic N) is 2. The summed E-state index contributed by atoms with van der Waals surface area (Å²) in [6.45, 7) is 0.800. The van der Waals surface area contributed by atoms with Gasteiger partial charge in [-0.3, -0.25) is 4.79 Å². The molecule has 88 valence electrons. The van der Waals surface area contributed by atoms with Crippen LogP contribution in [-0.2, 0) is 0 Å². The molecule has 0 bridgehead atoms. The van der Waals surface area contributed by atoms with Gasteiger partial charge in [0.05, 0.1) is 12.4 Å². The predicted octanol–water partition coefficient (Wildman–Crippen LogP) is 1.22. The summed E-state index contributed by atoms with van der Waals surface area (Å²) < 4.78 is 4.97. The number of aliphatic hydroxyl groups is 1. The van der Waals surface area contributed by atoms with Crippen LogP contribution in [0.2, 0.25) is 0 Å². The molecule has 3 heterocycles. The highest BCUT2D eigenvalue weighted by molar-refractivity contribution is 7.13. The largest absolute Gasteiger partial charge is 0.472 e. The second-order valence-electron chi connectivity index (χ2n) is 3.91. The maximum absolute atomic E-state index is 11.9. The highest BCUT2D eigenvalue weighted by atomic mass is 32.1. The lowest BCUT2D eigenvalue weighted by Gasteiger charge is -2.35. The Morgan fingerprint density at radius 1 is 1.59 bits per heavy atom. The Kier molecular flexibility index (Phi) is 2.45. The van der Waals surface area contributed by atoms with Crippen LogP contribution in [0, 0.1) is 0 Å². The molecule has 1 N–H and O–H groups in total. The summed E-state index contributed by atoms with van der Waals surface area (Å²) in [5, 5.41) is 11.6. The molecule has 0 aliphatic carbocycles. The first-order valence-corrected chi connectivity index (χ1v) is 6.07. The molecule has 5 nitrogen and oxygen atoms in total. The summed E-state index contributed by atoms with van der Waals surface area (Å²) >= 11 is 1.41. The van der Waals surface area contributed by atoms with Crippen molar-refractivity contribution in [1.82, 2.24) is 9.88 Å². The van der Waals surface area contributed by atoms with E-state index < -0.39 is 0 Å². The van der Waals surface area contributed by atoms with Crippen LogP contribution in [0.1, 0.15) is 10.5 Å². The number of β-amino-alcohol motifs (C(OH)–C–C–N with tert-alkyl or cyclic N) is 1. The lowest BCUT2D eigenvalue weighted by Crippen LogP contribution is -2.53. The molecule has 0 atom stereocenters. The molecule has 0 saturated carbocycles. The Morgan fingerprint density at radius 3 is 3.06 bits per heavy atom. The number of thiazole rings is 1. The Bertz CT molecular complexity index is 529. The summed E-state index contributed by atoms with van der Waals surface area (Å²) in [6, 6.07) is 1.81. The topological polar surface area (TPSA) is 66.6 Å². The average Bonchev–Trinajstić information content (AvgIpc) is 2.92. The molecule has 17 heavy (non-hydrogen) atoms. The second-order valence-corrected chi connectivity index (χ2v) is 4.77. The van der Waals surface area contributed by atoms with Crippen LogP contribution in [0.15, 0.2) is 28.4 Å². The Morgan fingerprint density at radius 2 is 2.41 bits per heavy atom. The van der Waals surface area contributed by atoms with Gasteiger partial charge in [0.2, 0.25) is 0 Å². The zero-order valence-electron chi connectivity index (χ0n) is 8.87. The highest BCUT2D eigenvalue weighted by Gasteiger charge is 2.30. The molecule has 1 fully saturated rings. The summed E-state index contributed by atoms with van der Waals surface area (Å²) in [7, 11) is 0. The monoisotopic (exact) mass is 250 g/mol. The molecule has 0 radical (unpaired) electrons. The number of amides is 1. The van der Waals surface area contributed by atoms with Crippen LogP contribution >= 0.6 is 11.3 Å². The fraction of sp³-hybridized carbons (Fsp3) is 0.273. The average molecular weight is 250 g/mol. The van der Waals surface area contributed by atoms with Gasteiger partial charge >= 0.3 is 0 Å². The Hall–Kier alpha value is -1.66. The zero-order chi connectivity index (χ0) is 11.8. The van der Waals surface area contributed by atoms with Gasteiger partial charge in [-0.15, -0.1) is 11.3 Å². The molecule has 1 aliphatic rings. The van der Waals surface area contributed by atoms with Gasteiger partial charge in [-0.2, -0.15) is 0 Å². The van der Waals surface area contributed by atoms with Gasteiger partial charge in [-0.05, 0) is 6.07 Å². The van der Waals surface area contributed by atoms with Gasteiger partial charge in [0.25, 0.3) is 5.91 Å². The molecule has 3 rings (SSSR count). The molecule has 0 unspecified atom stereocenters. The maximum atomic E-state index is 11.9. The van der Waals surface area contributed by atoms with E-state index in [0.29, 0.717) is 18.8 Å². The fourth-order valence-electron chi connectivity index (χ4n) is 1.67. The van der Waals surface area contributed by atoms with Crippen molar-refractivity contribution >= 4 is 17.2 Å². The molecular weight excluding hydrogens is 240 g/mol. The first kappa shape index (κ1) is 10.5. The number of aliphatic hydroxyl groups excluding tert-OH is 1. The molecule has 0 spiro atoms. The SMILES string of the molecule is O=C(c1csc(-c2ccoc2)n1)N1CC(O)C1. The van der Waals surface area contributed by atoms with E-state index in [-0.39, 0.29) is 12.0 Å². The zero-order valence-corrected chi connectivity index (χ0v) is 9.68. The summed E-state index contributed by atoms with van der Waals surface area (Å²) in [6.07, 6.45) is 2.79. The lowest BCUT2D eigenvalue weighted by molar-refractivity contribution is 0.00556. The standard InChI is InChI=1S/C11H10N2O3S/c14-8-3-13(4-8)11(15)9-6-17-10(12-9)7-1-2-16-5-7/h1-2,5-6,8,14H,3-4H2. The van der Waals surface area contributed by atoms with Crippen molar-refractivity contribution in [2.45, 2.75) is 6.10 Å². The van der Waals surface area contributed by atoms with Gasteiger partial charge in [-0.25, -0.2) is 4.98 Å². The van der Waals surface area contributed by atoms with Crippen LogP contribution in [0.5, 0.6) is 0 Å². The molecule has 1 amide bonds. The van der Waals surface area contributed by atoms with Crippen molar-refractivity contribution in [3.8, 4) is 10.6 Å². The van der Waals surface area contributed by atoms with Gasteiger partial charge in [0.15, 0.2) is 0 Å². The molecule has 1 saturated heterocycles. The van der Waals surface area contributed by atoms with Crippen molar-refractivity contribution < 1.29 is 14.3 Å². The molecular formula is C11H10N2O3S. The fourth-order valence-corrected chi connectivity index (χ4v) is 2.45. The lowest BCUT2D eigenvalue weighted by atomic mass is 10.1. The Labute approximate surface area is 101 Å². The number of rotatable bonds is 2. The van der Waals surface area contributed by atoms with Crippen LogP contribution in [0.4, 0.5) is 0 Å². The number of carbonyl (C=O) groups excluding carboxylic acids is 1. The van der Waals surface area contributed by atoms with E-state index in [0.717, 1.165) is 10.6 Å². The number of hydrogen-bond acceptors (Lipinski definition) is 5. The van der Waals surface area contributed by atoms with Crippen molar-refractivity contribution in [2.24, 2.45) is 0 Å². The first-order valence-electron chi connectivity index (χ1n) is 5.19. The van der Waals surface area contributed by atoms with E-state index in [1.54, 1.807) is 28.9 Å². The minimum atomic E-state index is -0.383. The van der Waals surface area contributed by atoms with Gasteiger partial charge in [0.1, 0.15) is 17.0 Å². The van der Waals surface area contributed by atoms with Crippen molar-refractivity contribution in [2.75, 3.05) is 13.1 Å². The van der Waals surface area contributed by atoms with Gasteiger partial charge < -0.3 is 14.4 Å². The minimum absolute atomic E-state index is 0.124. The number of carbonyl (C=O) groups is 1. The summed E-state index contributed by atoms with van der Waals surface area (Å²) in [5.74, 6) is -0.124. The number of furan rings is 1. The quantitative estimate of drug-likeness (QED) is 0.870. The summed E-state index contributed by atoms with van der Waals surface area (Å²) in [4.78, 5) is 17.7. The van der Waals surface area contributed by atoms with E-state index >= 15 is 0 Å². The molecule has 1 aliphatic heterocycles. The minimum Gasteiger partial charge on any atom is -0.472 e. The third-order valence-corrected chi connectivity index (χ3v) is 3.53. The van der Waals surface area contributed by atoms with Crippen LogP contribution in [0.25, 0.3) is 10.6 Å². The highest BCUT2D eigenvalue weighted by Crippen LogP contribution is 2.25. The number of likely N-dealkylation sites (tertiary alicyclic amines) is 1. The van der Waals surface area contributed by atoms with Crippen LogP contribution in [-0.4, -0.2) is 40.1 Å². The first-order chi connectivity index (χ1) is 8.24. The van der Waals surface area contributed by atoms with E-state index in [9.17, 15) is 4.79 Å². The molecule has 0 aromatic carbocycles. The maximum Gasteiger partial charge on any atom is 0.273 e. The Balaban J connectivity index is 1.79. The number of hydrogen-bond donors (Lipinski definition) is 1. The van der Waals surface area contributed by atoms with E-state index in [4.69, 9.17) is 9.52 Å². The molecule has 2 aromatic rings. The predicted molar refractivity (Wildman–Crippen MR) is 61.7 cm³/mol. The molecule has 2 aromatic heterocycles. The van der Waals surface area contributed by atoms with E-state index in [1.165, 1.54) is 11.3 Å². The van der Waals surface area contributed by atoms with Gasteiger partial charge in [0, 0.05) is 24.0 Å². The molecule has 6 heteroatoms. The van der Waals surface area contributed by atoms with Crippen molar-refractivity contribution in [1.29, 1.82) is 0 Å². The smallest absolute Gasteiger partial charge is 0.273 e. The van der Waals surface area contributed by atoms with Crippen molar-refractivity contribution in [3.63, 3.8) is 0 Å². The van der Waals surface area contributed by atoms with Crippen LogP contribution < -0.4 is 0 Å². The third kappa shape index (κ3) is 1.85. The van der Waals surface area contributed by atoms with E-state index in [1.807, 2.05) is 0 Å². The second kappa shape index (κ2) is 3.97. The third-order valence-electron chi connectivity index (χ3n) is 2.64. The van der Waals surface area contributed by atoms with Gasteiger partial charge in [-0.1, -0.05) is 0 Å². The van der Waals surface area contributed by atoms with E-state index in [2.05, 4.69) is 4.98 Å². The van der Waals surface area contributed by atoms with Crippen LogP contribution in [0.3, 0.4) is 0 Å². The number of aromatic nitrogens is 1. The summed E-state index contributed by atoms with van der Waals surface area (Å²) in [5.41, 5.74) is 1.30.